The maximum atomic E-state index is 13.1. The van der Waals surface area contributed by atoms with Crippen molar-refractivity contribution in [2.24, 2.45) is 0 Å². The van der Waals surface area contributed by atoms with E-state index in [1.54, 1.807) is 0 Å². The Morgan fingerprint density at radius 3 is 2.84 bits per heavy atom. The van der Waals surface area contributed by atoms with Crippen LogP contribution < -0.4 is 15.6 Å². The molecule has 1 aromatic carbocycles. The standard InChI is InChI=1S/C17H18FN3O4/c1-24-14-9-15(22)21(12-6-4-11(18)5-7-12)20-16(14)17(23)19-10-13-3-2-8-25-13/h4-7,9,13H,2-3,8,10H2,1H3,(H,19,23). The summed E-state index contributed by atoms with van der Waals surface area (Å²) >= 11 is 0. The van der Waals surface area contributed by atoms with Gasteiger partial charge in [-0.15, -0.1) is 0 Å². The molecule has 1 saturated heterocycles. The van der Waals surface area contributed by atoms with Gasteiger partial charge in [0.05, 0.1) is 25.0 Å². The molecule has 1 unspecified atom stereocenters. The number of benzene rings is 1. The van der Waals surface area contributed by atoms with Gasteiger partial charge in [0, 0.05) is 13.2 Å². The largest absolute Gasteiger partial charge is 0.494 e. The predicted molar refractivity (Wildman–Crippen MR) is 87.7 cm³/mol. The highest BCUT2D eigenvalue weighted by Gasteiger charge is 2.21. The molecule has 0 bridgehead atoms. The van der Waals surface area contributed by atoms with Crippen molar-refractivity contribution in [3.8, 4) is 11.4 Å². The van der Waals surface area contributed by atoms with E-state index in [0.717, 1.165) is 17.5 Å². The van der Waals surface area contributed by atoms with Gasteiger partial charge in [0.2, 0.25) is 0 Å². The lowest BCUT2D eigenvalue weighted by atomic mass is 10.2. The molecular weight excluding hydrogens is 329 g/mol. The summed E-state index contributed by atoms with van der Waals surface area (Å²) in [4.78, 5) is 24.6. The number of rotatable bonds is 5. The van der Waals surface area contributed by atoms with Crippen LogP contribution in [-0.4, -0.2) is 42.1 Å². The van der Waals surface area contributed by atoms with E-state index >= 15 is 0 Å². The van der Waals surface area contributed by atoms with Gasteiger partial charge in [0.25, 0.3) is 11.5 Å². The zero-order valence-electron chi connectivity index (χ0n) is 13.7. The first kappa shape index (κ1) is 17.1. The number of carbonyl (C=O) groups excluding carboxylic acids is 1. The second-order valence-electron chi connectivity index (χ2n) is 5.63. The molecule has 1 atom stereocenters. The fourth-order valence-corrected chi connectivity index (χ4v) is 2.62. The van der Waals surface area contributed by atoms with E-state index in [4.69, 9.17) is 9.47 Å². The van der Waals surface area contributed by atoms with E-state index in [1.807, 2.05) is 0 Å². The van der Waals surface area contributed by atoms with Crippen LogP contribution in [0.3, 0.4) is 0 Å². The Balaban J connectivity index is 1.88. The highest BCUT2D eigenvalue weighted by atomic mass is 19.1. The molecule has 1 aliphatic heterocycles. The fourth-order valence-electron chi connectivity index (χ4n) is 2.62. The van der Waals surface area contributed by atoms with Crippen molar-refractivity contribution in [3.05, 3.63) is 52.2 Å². The maximum absolute atomic E-state index is 13.1. The van der Waals surface area contributed by atoms with Crippen LogP contribution in [0.5, 0.6) is 5.75 Å². The molecule has 1 fully saturated rings. The van der Waals surface area contributed by atoms with E-state index in [-0.39, 0.29) is 17.5 Å². The van der Waals surface area contributed by atoms with Gasteiger partial charge in [-0.05, 0) is 37.1 Å². The van der Waals surface area contributed by atoms with Crippen LogP contribution in [0.4, 0.5) is 4.39 Å². The van der Waals surface area contributed by atoms with Gasteiger partial charge in [-0.25, -0.2) is 4.39 Å². The highest BCUT2D eigenvalue weighted by molar-refractivity contribution is 5.94. The van der Waals surface area contributed by atoms with Crippen LogP contribution in [-0.2, 0) is 4.74 Å². The molecule has 1 aliphatic rings. The Kier molecular flexibility index (Phi) is 5.08. The summed E-state index contributed by atoms with van der Waals surface area (Å²) in [6.07, 6.45) is 1.84. The van der Waals surface area contributed by atoms with Gasteiger partial charge < -0.3 is 14.8 Å². The summed E-state index contributed by atoms with van der Waals surface area (Å²) in [6.45, 7) is 1.05. The van der Waals surface area contributed by atoms with Gasteiger partial charge in [-0.1, -0.05) is 0 Å². The first-order valence-electron chi connectivity index (χ1n) is 7.92. The molecule has 0 aliphatic carbocycles. The number of amides is 1. The molecule has 0 radical (unpaired) electrons. The van der Waals surface area contributed by atoms with Crippen molar-refractivity contribution < 1.29 is 18.7 Å². The third kappa shape index (κ3) is 3.85. The molecule has 7 nitrogen and oxygen atoms in total. The van der Waals surface area contributed by atoms with E-state index in [9.17, 15) is 14.0 Å². The molecule has 132 valence electrons. The van der Waals surface area contributed by atoms with Crippen LogP contribution in [0.2, 0.25) is 0 Å². The third-order valence-corrected chi connectivity index (χ3v) is 3.92. The molecule has 1 aromatic heterocycles. The van der Waals surface area contributed by atoms with E-state index < -0.39 is 17.3 Å². The van der Waals surface area contributed by atoms with E-state index in [0.29, 0.717) is 18.8 Å². The van der Waals surface area contributed by atoms with Crippen molar-refractivity contribution in [2.45, 2.75) is 18.9 Å². The van der Waals surface area contributed by atoms with Crippen LogP contribution in [0, 0.1) is 5.82 Å². The molecule has 2 heterocycles. The third-order valence-electron chi connectivity index (χ3n) is 3.92. The summed E-state index contributed by atoms with van der Waals surface area (Å²) < 4.78 is 24.7. The number of nitrogens with one attached hydrogen (secondary N) is 1. The number of halogens is 1. The van der Waals surface area contributed by atoms with Crippen LogP contribution in [0.25, 0.3) is 5.69 Å². The van der Waals surface area contributed by atoms with Crippen LogP contribution in [0.15, 0.2) is 35.1 Å². The zero-order valence-corrected chi connectivity index (χ0v) is 13.7. The number of methoxy groups -OCH3 is 1. The minimum atomic E-state index is -0.487. The minimum Gasteiger partial charge on any atom is -0.494 e. The normalized spacial score (nSPS) is 16.6. The number of nitrogens with zero attached hydrogens (tertiary/aromatic N) is 2. The lowest BCUT2D eigenvalue weighted by molar-refractivity contribution is 0.0849. The number of hydrogen-bond acceptors (Lipinski definition) is 5. The molecule has 8 heteroatoms. The molecule has 0 saturated carbocycles. The van der Waals surface area contributed by atoms with Gasteiger partial charge in [-0.3, -0.25) is 9.59 Å². The molecule has 0 spiro atoms. The SMILES string of the molecule is COc1cc(=O)n(-c2ccc(F)cc2)nc1C(=O)NCC1CCCO1. The minimum absolute atomic E-state index is 0.0158. The monoisotopic (exact) mass is 347 g/mol. The molecule has 1 N–H and O–H groups in total. The highest BCUT2D eigenvalue weighted by Crippen LogP contribution is 2.15. The molecule has 1 amide bonds. The summed E-state index contributed by atoms with van der Waals surface area (Å²) in [6, 6.07) is 6.42. The number of hydrogen-bond donors (Lipinski definition) is 1. The Hall–Kier alpha value is -2.74. The van der Waals surface area contributed by atoms with Crippen LogP contribution >= 0.6 is 0 Å². The van der Waals surface area contributed by atoms with Crippen molar-refractivity contribution in [1.82, 2.24) is 15.1 Å². The van der Waals surface area contributed by atoms with E-state index in [1.165, 1.54) is 37.4 Å². The van der Waals surface area contributed by atoms with Gasteiger partial charge in [0.15, 0.2) is 11.4 Å². The summed E-state index contributed by atoms with van der Waals surface area (Å²) in [5, 5.41) is 6.83. The first-order valence-corrected chi connectivity index (χ1v) is 7.92. The number of carbonyl (C=O) groups is 1. The lowest BCUT2D eigenvalue weighted by Gasteiger charge is -2.13. The first-order chi connectivity index (χ1) is 12.1. The molecule has 3 rings (SSSR count). The lowest BCUT2D eigenvalue weighted by Crippen LogP contribution is -2.34. The maximum Gasteiger partial charge on any atom is 0.275 e. The van der Waals surface area contributed by atoms with Gasteiger partial charge >= 0.3 is 0 Å². The predicted octanol–water partition coefficient (Wildman–Crippen LogP) is 1.29. The average Bonchev–Trinajstić information content (AvgIpc) is 3.14. The average molecular weight is 347 g/mol. The van der Waals surface area contributed by atoms with E-state index in [2.05, 4.69) is 10.4 Å². The second kappa shape index (κ2) is 7.43. The van der Waals surface area contributed by atoms with Gasteiger partial charge in [0.1, 0.15) is 5.82 Å². The Labute approximate surface area is 143 Å². The van der Waals surface area contributed by atoms with Crippen molar-refractivity contribution >= 4 is 5.91 Å². The fraction of sp³-hybridized carbons (Fsp3) is 0.353. The molecular formula is C17H18FN3O4. The van der Waals surface area contributed by atoms with Gasteiger partial charge in [-0.2, -0.15) is 9.78 Å². The zero-order chi connectivity index (χ0) is 17.8. The van der Waals surface area contributed by atoms with Crippen molar-refractivity contribution in [3.63, 3.8) is 0 Å². The Bertz CT molecular complexity index is 814. The Morgan fingerprint density at radius 2 is 2.20 bits per heavy atom. The summed E-state index contributed by atoms with van der Waals surface area (Å²) in [7, 11) is 1.36. The molecule has 25 heavy (non-hydrogen) atoms. The van der Waals surface area contributed by atoms with Crippen molar-refractivity contribution in [1.29, 1.82) is 0 Å². The molecule has 2 aromatic rings. The Morgan fingerprint density at radius 1 is 1.44 bits per heavy atom. The van der Waals surface area contributed by atoms with Crippen molar-refractivity contribution in [2.75, 3.05) is 20.3 Å². The second-order valence-corrected chi connectivity index (χ2v) is 5.63. The quantitative estimate of drug-likeness (QED) is 0.881. The summed E-state index contributed by atoms with van der Waals surface area (Å²) in [5.41, 5.74) is -0.161. The smallest absolute Gasteiger partial charge is 0.275 e. The topological polar surface area (TPSA) is 82.5 Å². The van der Waals surface area contributed by atoms with Crippen LogP contribution in [0.1, 0.15) is 23.3 Å². The number of aromatic nitrogens is 2. The summed E-state index contributed by atoms with van der Waals surface area (Å²) in [5.74, 6) is -0.823. The number of ether oxygens (including phenoxy) is 2.